The van der Waals surface area contributed by atoms with Crippen LogP contribution in [-0.2, 0) is 13.6 Å². The number of imidazole rings is 1. The van der Waals surface area contributed by atoms with Crippen LogP contribution in [0.5, 0.6) is 0 Å². The number of aromatic amines is 1. The minimum absolute atomic E-state index is 0.260. The Morgan fingerprint density at radius 3 is 2.93 bits per heavy atom. The summed E-state index contributed by atoms with van der Waals surface area (Å²) in [5, 5.41) is 12.4. The zero-order chi connectivity index (χ0) is 19.0. The van der Waals surface area contributed by atoms with E-state index in [1.807, 2.05) is 26.2 Å². The van der Waals surface area contributed by atoms with Gasteiger partial charge in [0, 0.05) is 55.4 Å². The molecule has 0 atom stereocenters. The van der Waals surface area contributed by atoms with Crippen molar-refractivity contribution in [3.8, 4) is 22.9 Å². The van der Waals surface area contributed by atoms with Gasteiger partial charge in [0.1, 0.15) is 5.52 Å². The summed E-state index contributed by atoms with van der Waals surface area (Å²) in [4.78, 5) is 22.5. The molecule has 0 saturated carbocycles. The van der Waals surface area contributed by atoms with E-state index in [0.717, 1.165) is 16.8 Å². The van der Waals surface area contributed by atoms with Crippen LogP contribution in [0, 0.1) is 6.92 Å². The SMILES string of the molecule is Cc1c(-c2ccn(C)n2)cn2nc(-c3nccn3CCN=[N+]=[N-])[nH]c(=O)c12. The molecule has 0 aliphatic rings. The fraction of sp³-hybridized carbons (Fsp3) is 0.250. The second-order valence-corrected chi connectivity index (χ2v) is 6.04. The van der Waals surface area contributed by atoms with Crippen molar-refractivity contribution in [1.82, 2.24) is 33.9 Å². The highest BCUT2D eigenvalue weighted by atomic mass is 16.1. The molecule has 4 aromatic rings. The second kappa shape index (κ2) is 6.46. The molecule has 0 aromatic carbocycles. The first-order valence-corrected chi connectivity index (χ1v) is 8.23. The topological polar surface area (TPSA) is 135 Å². The van der Waals surface area contributed by atoms with Gasteiger partial charge in [-0.05, 0) is 24.1 Å². The Labute approximate surface area is 152 Å². The molecule has 4 aromatic heterocycles. The van der Waals surface area contributed by atoms with E-state index >= 15 is 0 Å². The number of hydrogen-bond acceptors (Lipinski definition) is 5. The van der Waals surface area contributed by atoms with Crippen molar-refractivity contribution in [2.24, 2.45) is 12.2 Å². The lowest BCUT2D eigenvalue weighted by Crippen LogP contribution is -2.16. The van der Waals surface area contributed by atoms with Crippen molar-refractivity contribution < 1.29 is 0 Å². The van der Waals surface area contributed by atoms with Crippen molar-refractivity contribution in [2.45, 2.75) is 13.5 Å². The van der Waals surface area contributed by atoms with Gasteiger partial charge in [0.2, 0.25) is 0 Å². The van der Waals surface area contributed by atoms with Crippen molar-refractivity contribution in [1.29, 1.82) is 0 Å². The normalized spacial score (nSPS) is 11.0. The van der Waals surface area contributed by atoms with Gasteiger partial charge in [0.25, 0.3) is 5.56 Å². The third-order valence-electron chi connectivity index (χ3n) is 4.32. The third kappa shape index (κ3) is 2.85. The Hall–Kier alpha value is -3.85. The van der Waals surface area contributed by atoms with Gasteiger partial charge in [-0.2, -0.15) is 5.10 Å². The van der Waals surface area contributed by atoms with Gasteiger partial charge >= 0.3 is 0 Å². The Balaban J connectivity index is 1.82. The Bertz CT molecular complexity index is 1230. The number of rotatable bonds is 5. The summed E-state index contributed by atoms with van der Waals surface area (Å²) in [5.41, 5.74) is 11.1. The molecule has 0 fully saturated rings. The predicted octanol–water partition coefficient (Wildman–Crippen LogP) is 1.91. The van der Waals surface area contributed by atoms with E-state index in [4.69, 9.17) is 5.53 Å². The van der Waals surface area contributed by atoms with Crippen molar-refractivity contribution in [3.63, 3.8) is 0 Å². The Morgan fingerprint density at radius 2 is 2.19 bits per heavy atom. The van der Waals surface area contributed by atoms with Crippen molar-refractivity contribution in [2.75, 3.05) is 6.54 Å². The maximum absolute atomic E-state index is 12.7. The molecule has 0 amide bonds. The zero-order valence-corrected chi connectivity index (χ0v) is 14.7. The molecule has 136 valence electrons. The highest BCUT2D eigenvalue weighted by Crippen LogP contribution is 2.25. The largest absolute Gasteiger partial charge is 0.328 e. The summed E-state index contributed by atoms with van der Waals surface area (Å²) >= 11 is 0. The minimum Gasteiger partial charge on any atom is -0.328 e. The molecular weight excluding hydrogens is 348 g/mol. The number of H-pyrrole nitrogens is 1. The molecule has 0 aliphatic heterocycles. The van der Waals surface area contributed by atoms with E-state index in [1.54, 1.807) is 32.4 Å². The molecule has 0 unspecified atom stereocenters. The molecule has 1 N–H and O–H groups in total. The van der Waals surface area contributed by atoms with E-state index in [0.29, 0.717) is 23.7 Å². The number of hydrogen-bond donors (Lipinski definition) is 1. The van der Waals surface area contributed by atoms with E-state index in [1.165, 1.54) is 0 Å². The van der Waals surface area contributed by atoms with Gasteiger partial charge in [-0.25, -0.2) is 9.50 Å². The molecule has 0 saturated heterocycles. The maximum atomic E-state index is 12.7. The number of aromatic nitrogens is 7. The standard InChI is InChI=1S/C16H16N10O/c1-10-11(12-3-6-24(2)21-12)9-26-13(10)16(27)20-14(22-26)15-18-4-7-25(15)8-5-19-23-17/h3-4,6-7,9H,5,8H2,1-2H3,(H,20,22,27). The van der Waals surface area contributed by atoms with Crippen LogP contribution in [0.3, 0.4) is 0 Å². The smallest absolute Gasteiger partial charge is 0.275 e. The van der Waals surface area contributed by atoms with E-state index in [2.05, 4.69) is 30.2 Å². The molecule has 11 heteroatoms. The van der Waals surface area contributed by atoms with Gasteiger partial charge < -0.3 is 9.55 Å². The molecule has 11 nitrogen and oxygen atoms in total. The summed E-state index contributed by atoms with van der Waals surface area (Å²) in [6, 6.07) is 1.89. The molecule has 27 heavy (non-hydrogen) atoms. The van der Waals surface area contributed by atoms with Gasteiger partial charge in [-0.15, -0.1) is 5.10 Å². The lowest BCUT2D eigenvalue weighted by Gasteiger charge is -2.05. The highest BCUT2D eigenvalue weighted by Gasteiger charge is 2.17. The molecular formula is C16H16N10O. The van der Waals surface area contributed by atoms with Gasteiger partial charge in [-0.3, -0.25) is 9.48 Å². The fourth-order valence-corrected chi connectivity index (χ4v) is 3.06. The van der Waals surface area contributed by atoms with Crippen LogP contribution in [0.25, 0.3) is 38.9 Å². The van der Waals surface area contributed by atoms with Crippen LogP contribution in [-0.4, -0.2) is 40.5 Å². The molecule has 4 rings (SSSR count). The number of nitrogens with one attached hydrogen (secondary N) is 1. The average molecular weight is 364 g/mol. The van der Waals surface area contributed by atoms with Crippen LogP contribution in [0.2, 0.25) is 0 Å². The first kappa shape index (κ1) is 16.6. The second-order valence-electron chi connectivity index (χ2n) is 6.04. The van der Waals surface area contributed by atoms with Crippen LogP contribution in [0.1, 0.15) is 5.56 Å². The van der Waals surface area contributed by atoms with Crippen LogP contribution in [0.15, 0.2) is 40.8 Å². The molecule has 0 radical (unpaired) electrons. The van der Waals surface area contributed by atoms with Gasteiger partial charge in [0.05, 0.1) is 5.69 Å². The molecule has 0 aliphatic carbocycles. The summed E-state index contributed by atoms with van der Waals surface area (Å²) in [7, 11) is 1.84. The molecule has 4 heterocycles. The Morgan fingerprint density at radius 1 is 1.33 bits per heavy atom. The monoisotopic (exact) mass is 364 g/mol. The summed E-state index contributed by atoms with van der Waals surface area (Å²) < 4.78 is 5.04. The summed E-state index contributed by atoms with van der Waals surface area (Å²) in [6.07, 6.45) is 6.99. The number of azide groups is 1. The van der Waals surface area contributed by atoms with Crippen LogP contribution >= 0.6 is 0 Å². The lowest BCUT2D eigenvalue weighted by molar-refractivity contribution is 0.704. The summed E-state index contributed by atoms with van der Waals surface area (Å²) in [5.74, 6) is 0.828. The highest BCUT2D eigenvalue weighted by molar-refractivity contribution is 5.73. The van der Waals surface area contributed by atoms with Gasteiger partial charge in [-0.1, -0.05) is 5.11 Å². The van der Waals surface area contributed by atoms with Crippen molar-refractivity contribution in [3.05, 3.63) is 57.2 Å². The van der Waals surface area contributed by atoms with E-state index < -0.39 is 0 Å². The molecule has 0 bridgehead atoms. The predicted molar refractivity (Wildman–Crippen MR) is 98.0 cm³/mol. The fourth-order valence-electron chi connectivity index (χ4n) is 3.06. The first-order chi connectivity index (χ1) is 13.1. The number of nitrogens with zero attached hydrogens (tertiary/aromatic N) is 9. The van der Waals surface area contributed by atoms with E-state index in [9.17, 15) is 4.79 Å². The van der Waals surface area contributed by atoms with Crippen molar-refractivity contribution >= 4 is 5.52 Å². The summed E-state index contributed by atoms with van der Waals surface area (Å²) in [6.45, 7) is 2.58. The lowest BCUT2D eigenvalue weighted by atomic mass is 10.1. The first-order valence-electron chi connectivity index (χ1n) is 8.23. The van der Waals surface area contributed by atoms with Crippen LogP contribution in [0.4, 0.5) is 0 Å². The third-order valence-corrected chi connectivity index (χ3v) is 4.32. The zero-order valence-electron chi connectivity index (χ0n) is 14.7. The minimum atomic E-state index is -0.260. The number of fused-ring (bicyclic) bond motifs is 1. The maximum Gasteiger partial charge on any atom is 0.275 e. The van der Waals surface area contributed by atoms with Crippen LogP contribution < -0.4 is 5.56 Å². The Kier molecular flexibility index (Phi) is 3.98. The average Bonchev–Trinajstić information content (AvgIpc) is 3.34. The quantitative estimate of drug-likeness (QED) is 0.329. The van der Waals surface area contributed by atoms with Gasteiger partial charge in [0.15, 0.2) is 11.6 Å². The van der Waals surface area contributed by atoms with E-state index in [-0.39, 0.29) is 12.1 Å². The molecule has 0 spiro atoms. The number of aryl methyl sites for hydroxylation is 2.